The Morgan fingerprint density at radius 2 is 2.39 bits per heavy atom. The lowest BCUT2D eigenvalue weighted by Gasteiger charge is -2.21. The second kappa shape index (κ2) is 7.06. The first-order chi connectivity index (χ1) is 11.1. The van der Waals surface area contributed by atoms with Gasteiger partial charge in [-0.15, -0.1) is 11.3 Å². The number of aryl methyl sites for hydroxylation is 2. The van der Waals surface area contributed by atoms with Crippen molar-refractivity contribution in [2.45, 2.75) is 39.3 Å². The summed E-state index contributed by atoms with van der Waals surface area (Å²) < 4.78 is 0. The first kappa shape index (κ1) is 15.9. The van der Waals surface area contributed by atoms with Crippen LogP contribution < -0.4 is 16.4 Å². The Kier molecular flexibility index (Phi) is 4.88. The van der Waals surface area contributed by atoms with Crippen molar-refractivity contribution in [1.29, 1.82) is 0 Å². The molecule has 4 N–H and O–H groups in total. The number of carbonyl (C=O) groups excluding carboxylic acids is 1. The predicted octanol–water partition coefficient (Wildman–Crippen LogP) is 1.32. The average Bonchev–Trinajstić information content (AvgIpc) is 2.97. The highest BCUT2D eigenvalue weighted by Gasteiger charge is 2.16. The average molecular weight is 331 g/mol. The molecule has 1 aliphatic rings. The molecule has 0 bridgehead atoms. The summed E-state index contributed by atoms with van der Waals surface area (Å²) in [5.41, 5.74) is 11.2. The van der Waals surface area contributed by atoms with Gasteiger partial charge in [-0.3, -0.25) is 9.78 Å². The molecule has 0 aromatic carbocycles. The Labute approximate surface area is 139 Å². The van der Waals surface area contributed by atoms with Crippen LogP contribution in [-0.4, -0.2) is 22.4 Å². The highest BCUT2D eigenvalue weighted by atomic mass is 32.1. The van der Waals surface area contributed by atoms with Gasteiger partial charge in [0.15, 0.2) is 5.13 Å². The van der Waals surface area contributed by atoms with Crippen LogP contribution in [0.15, 0.2) is 11.6 Å². The number of thiazole rings is 1. The van der Waals surface area contributed by atoms with Crippen LogP contribution in [0.1, 0.15) is 34.5 Å². The van der Waals surface area contributed by atoms with Gasteiger partial charge in [-0.2, -0.15) is 0 Å². The first-order valence-electron chi connectivity index (χ1n) is 7.77. The molecule has 122 valence electrons. The number of fused-ring (bicyclic) bond motifs is 1. The number of nitrogens with zero attached hydrogens (tertiary/aromatic N) is 2. The van der Waals surface area contributed by atoms with Gasteiger partial charge >= 0.3 is 0 Å². The highest BCUT2D eigenvalue weighted by Crippen LogP contribution is 2.20. The summed E-state index contributed by atoms with van der Waals surface area (Å²) >= 11 is 1.40. The standard InChI is InChI=1S/C16H21N5OS/c1-10-14(13-4-5-18-6-11(13)7-19-10)8-20-15(22)3-2-12-9-23-16(17)21-12/h7,9,18H,2-6,8H2,1H3,(H2,17,21)(H,20,22). The lowest BCUT2D eigenvalue weighted by Crippen LogP contribution is -2.29. The molecule has 7 heteroatoms. The number of nitrogen functional groups attached to an aromatic ring is 1. The van der Waals surface area contributed by atoms with E-state index in [0.29, 0.717) is 24.5 Å². The molecule has 3 rings (SSSR count). The molecule has 1 aliphatic heterocycles. The molecule has 2 aromatic rings. The number of amides is 1. The predicted molar refractivity (Wildman–Crippen MR) is 91.1 cm³/mol. The molecule has 2 aromatic heterocycles. The molecular weight excluding hydrogens is 310 g/mol. The zero-order valence-electron chi connectivity index (χ0n) is 13.2. The van der Waals surface area contributed by atoms with Gasteiger partial charge in [0.05, 0.1) is 5.69 Å². The Bertz CT molecular complexity index is 712. The van der Waals surface area contributed by atoms with Crippen molar-refractivity contribution in [2.24, 2.45) is 0 Å². The van der Waals surface area contributed by atoms with Crippen molar-refractivity contribution in [2.75, 3.05) is 12.3 Å². The summed E-state index contributed by atoms with van der Waals surface area (Å²) in [6, 6.07) is 0. The van der Waals surface area contributed by atoms with Crippen LogP contribution in [0.25, 0.3) is 0 Å². The molecule has 23 heavy (non-hydrogen) atoms. The smallest absolute Gasteiger partial charge is 0.220 e. The molecule has 0 saturated heterocycles. The quantitative estimate of drug-likeness (QED) is 0.768. The van der Waals surface area contributed by atoms with Crippen LogP contribution >= 0.6 is 11.3 Å². The molecule has 0 radical (unpaired) electrons. The van der Waals surface area contributed by atoms with Gasteiger partial charge in [0.1, 0.15) is 0 Å². The number of hydrogen-bond acceptors (Lipinski definition) is 6. The SMILES string of the molecule is Cc1ncc2c(c1CNC(=O)CCc1csc(N)n1)CCNC2. The minimum absolute atomic E-state index is 0.0301. The number of anilines is 1. The van der Waals surface area contributed by atoms with Crippen LogP contribution in [0.4, 0.5) is 5.13 Å². The Morgan fingerprint density at radius 3 is 3.17 bits per heavy atom. The topological polar surface area (TPSA) is 92.9 Å². The molecule has 0 saturated carbocycles. The van der Waals surface area contributed by atoms with Crippen molar-refractivity contribution in [3.63, 3.8) is 0 Å². The van der Waals surface area contributed by atoms with Crippen LogP contribution in [0, 0.1) is 6.92 Å². The van der Waals surface area contributed by atoms with Crippen LogP contribution in [0.3, 0.4) is 0 Å². The summed E-state index contributed by atoms with van der Waals surface area (Å²) in [6.45, 7) is 4.37. The molecule has 1 amide bonds. The number of hydrogen-bond donors (Lipinski definition) is 3. The van der Waals surface area contributed by atoms with Gasteiger partial charge < -0.3 is 16.4 Å². The van der Waals surface area contributed by atoms with Gasteiger partial charge in [0, 0.05) is 36.8 Å². The fourth-order valence-corrected chi connectivity index (χ4v) is 3.43. The first-order valence-corrected chi connectivity index (χ1v) is 8.65. The number of pyridine rings is 1. The monoisotopic (exact) mass is 331 g/mol. The van der Waals surface area contributed by atoms with Gasteiger partial charge in [-0.05, 0) is 43.0 Å². The fraction of sp³-hybridized carbons (Fsp3) is 0.438. The minimum Gasteiger partial charge on any atom is -0.375 e. The van der Waals surface area contributed by atoms with E-state index in [1.807, 2.05) is 18.5 Å². The molecule has 6 nitrogen and oxygen atoms in total. The maximum atomic E-state index is 12.1. The van der Waals surface area contributed by atoms with E-state index in [1.54, 1.807) is 0 Å². The van der Waals surface area contributed by atoms with E-state index < -0.39 is 0 Å². The maximum absolute atomic E-state index is 12.1. The third-order valence-electron chi connectivity index (χ3n) is 4.11. The molecule has 0 aliphatic carbocycles. The normalized spacial score (nSPS) is 13.6. The van der Waals surface area contributed by atoms with Crippen molar-refractivity contribution in [3.05, 3.63) is 39.7 Å². The van der Waals surface area contributed by atoms with E-state index in [4.69, 9.17) is 5.73 Å². The van der Waals surface area contributed by atoms with Crippen molar-refractivity contribution in [1.82, 2.24) is 20.6 Å². The lowest BCUT2D eigenvalue weighted by atomic mass is 9.96. The number of nitrogens with one attached hydrogen (secondary N) is 2. The lowest BCUT2D eigenvalue weighted by molar-refractivity contribution is -0.121. The van der Waals surface area contributed by atoms with Crippen molar-refractivity contribution in [3.8, 4) is 0 Å². The van der Waals surface area contributed by atoms with E-state index in [-0.39, 0.29) is 5.91 Å². The molecule has 0 spiro atoms. The fourth-order valence-electron chi connectivity index (χ4n) is 2.83. The van der Waals surface area contributed by atoms with E-state index in [0.717, 1.165) is 36.5 Å². The second-order valence-electron chi connectivity index (χ2n) is 5.71. The highest BCUT2D eigenvalue weighted by molar-refractivity contribution is 7.13. The van der Waals surface area contributed by atoms with Crippen molar-refractivity contribution >= 4 is 22.4 Å². The molecule has 0 unspecified atom stereocenters. The van der Waals surface area contributed by atoms with Crippen LogP contribution in [0.5, 0.6) is 0 Å². The van der Waals surface area contributed by atoms with E-state index in [2.05, 4.69) is 20.6 Å². The number of nitrogens with two attached hydrogens (primary N) is 1. The van der Waals surface area contributed by atoms with Crippen LogP contribution in [0.2, 0.25) is 0 Å². The Morgan fingerprint density at radius 1 is 1.52 bits per heavy atom. The van der Waals surface area contributed by atoms with Gasteiger partial charge in [-0.1, -0.05) is 0 Å². The van der Waals surface area contributed by atoms with Gasteiger partial charge in [-0.25, -0.2) is 4.98 Å². The number of rotatable bonds is 5. The Hall–Kier alpha value is -1.99. The van der Waals surface area contributed by atoms with Gasteiger partial charge in [0.25, 0.3) is 0 Å². The van der Waals surface area contributed by atoms with Gasteiger partial charge in [0.2, 0.25) is 5.91 Å². The molecule has 0 fully saturated rings. The summed E-state index contributed by atoms with van der Waals surface area (Å²) in [5.74, 6) is 0.0301. The summed E-state index contributed by atoms with van der Waals surface area (Å²) in [6.07, 6.45) is 3.97. The minimum atomic E-state index is 0.0301. The van der Waals surface area contributed by atoms with E-state index >= 15 is 0 Å². The molecular formula is C16H21N5OS. The Balaban J connectivity index is 1.58. The number of carbonyl (C=O) groups is 1. The maximum Gasteiger partial charge on any atom is 0.220 e. The molecule has 0 atom stereocenters. The number of aromatic nitrogens is 2. The third-order valence-corrected chi connectivity index (χ3v) is 4.83. The second-order valence-corrected chi connectivity index (χ2v) is 6.60. The zero-order valence-corrected chi connectivity index (χ0v) is 14.0. The van der Waals surface area contributed by atoms with Crippen LogP contribution in [-0.2, 0) is 30.7 Å². The largest absolute Gasteiger partial charge is 0.375 e. The third kappa shape index (κ3) is 3.86. The van der Waals surface area contributed by atoms with E-state index in [9.17, 15) is 4.79 Å². The molecule has 3 heterocycles. The van der Waals surface area contributed by atoms with E-state index in [1.165, 1.54) is 22.5 Å². The summed E-state index contributed by atoms with van der Waals surface area (Å²) in [7, 11) is 0. The summed E-state index contributed by atoms with van der Waals surface area (Å²) in [5, 5.41) is 8.81. The zero-order chi connectivity index (χ0) is 16.2. The summed E-state index contributed by atoms with van der Waals surface area (Å²) in [4.78, 5) is 20.7. The van der Waals surface area contributed by atoms with Crippen molar-refractivity contribution < 1.29 is 4.79 Å².